The van der Waals surface area contributed by atoms with Gasteiger partial charge in [-0.15, -0.1) is 0 Å². The fourth-order valence-electron chi connectivity index (χ4n) is 3.86. The number of amides is 1. The van der Waals surface area contributed by atoms with Crippen molar-refractivity contribution < 1.29 is 19.4 Å². The van der Waals surface area contributed by atoms with Gasteiger partial charge in [-0.25, -0.2) is 0 Å². The van der Waals surface area contributed by atoms with E-state index in [1.54, 1.807) is 12.1 Å². The van der Waals surface area contributed by atoms with Crippen molar-refractivity contribution in [3.05, 3.63) is 89.5 Å². The highest BCUT2D eigenvalue weighted by Gasteiger charge is 2.14. The average molecular weight is 460 g/mol. The monoisotopic (exact) mass is 459 g/mol. The molecule has 1 atom stereocenters. The van der Waals surface area contributed by atoms with E-state index in [9.17, 15) is 9.59 Å². The molecule has 1 unspecified atom stereocenters. The number of hydrogen-bond donors (Lipinski definition) is 2. The van der Waals surface area contributed by atoms with Crippen molar-refractivity contribution in [1.82, 2.24) is 5.32 Å². The van der Waals surface area contributed by atoms with E-state index in [-0.39, 0.29) is 6.10 Å². The Labute approximate surface area is 201 Å². The molecule has 5 nitrogen and oxygen atoms in total. The lowest BCUT2D eigenvalue weighted by atomic mass is 9.99. The molecular weight excluding hydrogens is 426 g/mol. The van der Waals surface area contributed by atoms with Crippen molar-refractivity contribution in [3.63, 3.8) is 0 Å². The molecule has 0 aliphatic heterocycles. The minimum absolute atomic E-state index is 0.137. The molecule has 0 aromatic heterocycles. The largest absolute Gasteiger partial charge is 0.486 e. The normalized spacial score (nSPS) is 11.8. The Bertz CT molecular complexity index is 1070. The standard InChI is InChI=1S/C29H33NO4/c1-4-5-27(24-10-12-25(13-11-24)29(33)30-19-28(31)32)34-26-16-14-23(15-17-26)22-8-6-21(7-9-22)18-20(2)3/h6-17,20,27H,4-5,18-19H2,1-3H3,(H,30,33)(H,31,32). The predicted molar refractivity (Wildman–Crippen MR) is 135 cm³/mol. The molecule has 3 rings (SSSR count). The van der Waals surface area contributed by atoms with E-state index in [0.717, 1.165) is 36.1 Å². The molecule has 0 radical (unpaired) electrons. The third-order valence-corrected chi connectivity index (χ3v) is 5.56. The van der Waals surface area contributed by atoms with E-state index in [1.807, 2.05) is 24.3 Å². The summed E-state index contributed by atoms with van der Waals surface area (Å²) in [5.41, 5.74) is 5.07. The van der Waals surface area contributed by atoms with E-state index < -0.39 is 18.4 Å². The van der Waals surface area contributed by atoms with Gasteiger partial charge in [-0.1, -0.05) is 75.7 Å². The number of aliphatic carboxylic acids is 1. The van der Waals surface area contributed by atoms with Crippen molar-refractivity contribution >= 4 is 11.9 Å². The summed E-state index contributed by atoms with van der Waals surface area (Å²) >= 11 is 0. The first-order chi connectivity index (χ1) is 16.4. The van der Waals surface area contributed by atoms with Crippen LogP contribution in [0.2, 0.25) is 0 Å². The minimum atomic E-state index is -1.07. The lowest BCUT2D eigenvalue weighted by Gasteiger charge is -2.20. The number of benzene rings is 3. The average Bonchev–Trinajstić information content (AvgIpc) is 2.83. The molecule has 178 valence electrons. The Morgan fingerprint density at radius 3 is 2.00 bits per heavy atom. The van der Waals surface area contributed by atoms with Crippen LogP contribution in [0.3, 0.4) is 0 Å². The van der Waals surface area contributed by atoms with Crippen LogP contribution in [0, 0.1) is 5.92 Å². The van der Waals surface area contributed by atoms with Gasteiger partial charge in [-0.05, 0) is 65.3 Å². The number of ether oxygens (including phenoxy) is 1. The number of carboxylic acid groups (broad SMARTS) is 1. The molecule has 2 N–H and O–H groups in total. The van der Waals surface area contributed by atoms with Crippen LogP contribution in [-0.4, -0.2) is 23.5 Å². The molecule has 0 saturated carbocycles. The minimum Gasteiger partial charge on any atom is -0.486 e. The third kappa shape index (κ3) is 7.20. The van der Waals surface area contributed by atoms with Crippen LogP contribution < -0.4 is 10.1 Å². The Morgan fingerprint density at radius 1 is 0.882 bits per heavy atom. The molecule has 5 heteroatoms. The van der Waals surface area contributed by atoms with Gasteiger partial charge >= 0.3 is 5.97 Å². The molecule has 0 bridgehead atoms. The molecular formula is C29H33NO4. The fraction of sp³-hybridized carbons (Fsp3) is 0.310. The highest BCUT2D eigenvalue weighted by molar-refractivity contribution is 5.95. The second kappa shape index (κ2) is 12.0. The molecule has 0 heterocycles. The van der Waals surface area contributed by atoms with Crippen molar-refractivity contribution in [2.24, 2.45) is 5.92 Å². The zero-order valence-electron chi connectivity index (χ0n) is 20.1. The first-order valence-electron chi connectivity index (χ1n) is 11.8. The summed E-state index contributed by atoms with van der Waals surface area (Å²) in [5.74, 6) is -0.0455. The maximum Gasteiger partial charge on any atom is 0.322 e. The van der Waals surface area contributed by atoms with Gasteiger partial charge in [0, 0.05) is 5.56 Å². The number of carbonyl (C=O) groups excluding carboxylic acids is 1. The van der Waals surface area contributed by atoms with E-state index >= 15 is 0 Å². The third-order valence-electron chi connectivity index (χ3n) is 5.56. The molecule has 0 saturated heterocycles. The van der Waals surface area contributed by atoms with E-state index in [4.69, 9.17) is 9.84 Å². The lowest BCUT2D eigenvalue weighted by molar-refractivity contribution is -0.135. The van der Waals surface area contributed by atoms with Crippen LogP contribution in [-0.2, 0) is 11.2 Å². The molecule has 1 amide bonds. The fourth-order valence-corrected chi connectivity index (χ4v) is 3.86. The number of nitrogens with one attached hydrogen (secondary N) is 1. The number of carboxylic acids is 1. The maximum atomic E-state index is 12.1. The first kappa shape index (κ1) is 25.0. The van der Waals surface area contributed by atoms with Gasteiger partial charge in [-0.3, -0.25) is 9.59 Å². The van der Waals surface area contributed by atoms with Crippen LogP contribution in [0.15, 0.2) is 72.8 Å². The van der Waals surface area contributed by atoms with Crippen LogP contribution in [0.25, 0.3) is 11.1 Å². The highest BCUT2D eigenvalue weighted by atomic mass is 16.5. The maximum absolute atomic E-state index is 12.1. The van der Waals surface area contributed by atoms with Crippen molar-refractivity contribution in [2.45, 2.75) is 46.1 Å². The number of hydrogen-bond acceptors (Lipinski definition) is 3. The zero-order valence-corrected chi connectivity index (χ0v) is 20.1. The molecule has 0 aliphatic rings. The quantitative estimate of drug-likeness (QED) is 0.353. The second-order valence-electron chi connectivity index (χ2n) is 8.91. The van der Waals surface area contributed by atoms with Gasteiger partial charge in [0.2, 0.25) is 0 Å². The van der Waals surface area contributed by atoms with Crippen molar-refractivity contribution in [1.29, 1.82) is 0 Å². The van der Waals surface area contributed by atoms with Crippen LogP contribution in [0.5, 0.6) is 5.75 Å². The van der Waals surface area contributed by atoms with E-state index in [2.05, 4.69) is 62.5 Å². The smallest absolute Gasteiger partial charge is 0.322 e. The Hall–Kier alpha value is -3.60. The van der Waals surface area contributed by atoms with Crippen LogP contribution in [0.4, 0.5) is 0 Å². The summed E-state index contributed by atoms with van der Waals surface area (Å²) in [5, 5.41) is 11.1. The Kier molecular flexibility index (Phi) is 8.86. The Morgan fingerprint density at radius 2 is 1.47 bits per heavy atom. The van der Waals surface area contributed by atoms with E-state index in [1.165, 1.54) is 11.1 Å². The van der Waals surface area contributed by atoms with Gasteiger partial charge in [0.05, 0.1) is 0 Å². The number of rotatable bonds is 11. The molecule has 3 aromatic carbocycles. The van der Waals surface area contributed by atoms with Gasteiger partial charge in [0.25, 0.3) is 5.91 Å². The summed E-state index contributed by atoms with van der Waals surface area (Å²) in [4.78, 5) is 22.7. The van der Waals surface area contributed by atoms with Crippen molar-refractivity contribution in [3.8, 4) is 16.9 Å². The zero-order chi connectivity index (χ0) is 24.5. The summed E-state index contributed by atoms with van der Waals surface area (Å²) < 4.78 is 6.30. The second-order valence-corrected chi connectivity index (χ2v) is 8.91. The predicted octanol–water partition coefficient (Wildman–Crippen LogP) is 6.29. The summed E-state index contributed by atoms with van der Waals surface area (Å²) in [6, 6.07) is 24.0. The van der Waals surface area contributed by atoms with E-state index in [0.29, 0.717) is 11.5 Å². The van der Waals surface area contributed by atoms with Gasteiger partial charge < -0.3 is 15.2 Å². The number of carbonyl (C=O) groups is 2. The molecule has 3 aromatic rings. The van der Waals surface area contributed by atoms with Gasteiger partial charge in [0.15, 0.2) is 0 Å². The van der Waals surface area contributed by atoms with Gasteiger partial charge in [-0.2, -0.15) is 0 Å². The highest BCUT2D eigenvalue weighted by Crippen LogP contribution is 2.29. The summed E-state index contributed by atoms with van der Waals surface area (Å²) in [6.07, 6.45) is 2.73. The van der Waals surface area contributed by atoms with Crippen LogP contribution in [0.1, 0.15) is 61.2 Å². The Balaban J connectivity index is 1.67. The van der Waals surface area contributed by atoms with Gasteiger partial charge in [0.1, 0.15) is 18.4 Å². The van der Waals surface area contributed by atoms with Crippen molar-refractivity contribution in [2.75, 3.05) is 6.54 Å². The molecule has 0 fully saturated rings. The lowest BCUT2D eigenvalue weighted by Crippen LogP contribution is -2.29. The molecule has 34 heavy (non-hydrogen) atoms. The molecule has 0 spiro atoms. The van der Waals surface area contributed by atoms with Crippen LogP contribution >= 0.6 is 0 Å². The summed E-state index contributed by atoms with van der Waals surface area (Å²) in [6.45, 7) is 6.16. The topological polar surface area (TPSA) is 75.6 Å². The first-order valence-corrected chi connectivity index (χ1v) is 11.8. The molecule has 0 aliphatic carbocycles. The summed E-state index contributed by atoms with van der Waals surface area (Å²) in [7, 11) is 0. The SMILES string of the molecule is CCCC(Oc1ccc(-c2ccc(CC(C)C)cc2)cc1)c1ccc(C(=O)NCC(=O)O)cc1.